The highest BCUT2D eigenvalue weighted by atomic mass is 35.5. The summed E-state index contributed by atoms with van der Waals surface area (Å²) in [5.74, 6) is 0.168. The largest absolute Gasteiger partial charge is 0.308 e. The van der Waals surface area contributed by atoms with Crippen LogP contribution in [0.3, 0.4) is 0 Å². The molecule has 0 aromatic carbocycles. The molecule has 0 spiro atoms. The molecule has 1 aliphatic rings. The average molecular weight is 185 g/mol. The summed E-state index contributed by atoms with van der Waals surface area (Å²) in [6.45, 7) is 4.20. The smallest absolute Gasteiger partial charge is 0.0672 e. The van der Waals surface area contributed by atoms with Crippen LogP contribution >= 0.6 is 11.6 Å². The fourth-order valence-corrected chi connectivity index (χ4v) is 1.68. The Morgan fingerprint density at radius 2 is 2.42 bits per heavy atom. The summed E-state index contributed by atoms with van der Waals surface area (Å²) in [4.78, 5) is 0. The molecule has 2 atom stereocenters. The highest BCUT2D eigenvalue weighted by molar-refractivity contribution is 6.29. The van der Waals surface area contributed by atoms with Crippen LogP contribution in [0.15, 0.2) is 11.6 Å². The summed E-state index contributed by atoms with van der Waals surface area (Å²) in [7, 11) is 0. The number of nitrogens with zero attached hydrogens (tertiary/aromatic N) is 1. The number of hydrogen-bond acceptors (Lipinski definition) is 2. The van der Waals surface area contributed by atoms with Crippen LogP contribution < -0.4 is 5.32 Å². The summed E-state index contributed by atoms with van der Waals surface area (Å²) in [5.41, 5.74) is 0. The molecule has 66 valence electrons. The zero-order valence-electron chi connectivity index (χ0n) is 7.02. The summed E-state index contributed by atoms with van der Waals surface area (Å²) < 4.78 is 0. The Bertz CT molecular complexity index is 207. The maximum absolute atomic E-state index is 8.76. The number of nitriles is 1. The van der Waals surface area contributed by atoms with Gasteiger partial charge < -0.3 is 5.32 Å². The first-order valence-electron chi connectivity index (χ1n) is 4.20. The Balaban J connectivity index is 2.32. The summed E-state index contributed by atoms with van der Waals surface area (Å²) >= 11 is 5.61. The van der Waals surface area contributed by atoms with Gasteiger partial charge in [-0.15, -0.1) is 0 Å². The van der Waals surface area contributed by atoms with Gasteiger partial charge in [-0.2, -0.15) is 5.26 Å². The van der Waals surface area contributed by atoms with Crippen molar-refractivity contribution in [3.63, 3.8) is 0 Å². The molecule has 3 heteroatoms. The highest BCUT2D eigenvalue weighted by Crippen LogP contribution is 2.24. The molecule has 0 aromatic rings. The zero-order valence-corrected chi connectivity index (χ0v) is 7.77. The van der Waals surface area contributed by atoms with Gasteiger partial charge in [0, 0.05) is 17.6 Å². The lowest BCUT2D eigenvalue weighted by molar-refractivity contribution is 0.487. The molecule has 0 saturated heterocycles. The van der Waals surface area contributed by atoms with Crippen LogP contribution in [0.4, 0.5) is 0 Å². The van der Waals surface area contributed by atoms with Gasteiger partial charge in [-0.25, -0.2) is 0 Å². The van der Waals surface area contributed by atoms with Crippen LogP contribution in [0.2, 0.25) is 0 Å². The first-order valence-corrected chi connectivity index (χ1v) is 4.58. The molecule has 1 saturated carbocycles. The minimum Gasteiger partial charge on any atom is -0.308 e. The molecule has 1 rings (SSSR count). The second kappa shape index (κ2) is 4.49. The van der Waals surface area contributed by atoms with E-state index in [-0.39, 0.29) is 5.92 Å². The van der Waals surface area contributed by atoms with E-state index in [9.17, 15) is 0 Å². The van der Waals surface area contributed by atoms with Crippen molar-refractivity contribution >= 4 is 11.6 Å². The van der Waals surface area contributed by atoms with E-state index in [2.05, 4.69) is 18.0 Å². The molecule has 2 unspecified atom stereocenters. The maximum Gasteiger partial charge on any atom is 0.0672 e. The average Bonchev–Trinajstić information content (AvgIpc) is 2.47. The van der Waals surface area contributed by atoms with Gasteiger partial charge in [0.2, 0.25) is 0 Å². The SMILES string of the molecule is C=C(Cl)CNC1CCCC1C#N. The number of nitrogens with one attached hydrogen (secondary N) is 1. The molecule has 0 aliphatic heterocycles. The lowest BCUT2D eigenvalue weighted by Gasteiger charge is -2.14. The van der Waals surface area contributed by atoms with Gasteiger partial charge in [0.1, 0.15) is 0 Å². The van der Waals surface area contributed by atoms with E-state index in [1.165, 1.54) is 0 Å². The molecule has 0 radical (unpaired) electrons. The molecule has 1 aliphatic carbocycles. The predicted molar refractivity (Wildman–Crippen MR) is 49.7 cm³/mol. The molecule has 0 aromatic heterocycles. The summed E-state index contributed by atoms with van der Waals surface area (Å²) in [6.07, 6.45) is 3.25. The molecule has 0 heterocycles. The van der Waals surface area contributed by atoms with Crippen molar-refractivity contribution < 1.29 is 0 Å². The first-order chi connectivity index (χ1) is 5.74. The van der Waals surface area contributed by atoms with E-state index in [1.54, 1.807) is 0 Å². The Hall–Kier alpha value is -0.520. The van der Waals surface area contributed by atoms with Gasteiger partial charge in [0.15, 0.2) is 0 Å². The predicted octanol–water partition coefficient (Wildman–Crippen LogP) is 2.02. The highest BCUT2D eigenvalue weighted by Gasteiger charge is 2.26. The Kier molecular flexibility index (Phi) is 3.58. The normalized spacial score (nSPS) is 28.3. The van der Waals surface area contributed by atoms with Crippen molar-refractivity contribution in [3.05, 3.63) is 11.6 Å². The number of rotatable bonds is 3. The van der Waals surface area contributed by atoms with Crippen LogP contribution in [0.5, 0.6) is 0 Å². The van der Waals surface area contributed by atoms with Gasteiger partial charge in [-0.3, -0.25) is 0 Å². The van der Waals surface area contributed by atoms with Crippen LogP contribution in [-0.2, 0) is 0 Å². The van der Waals surface area contributed by atoms with Crippen molar-refractivity contribution in [2.75, 3.05) is 6.54 Å². The number of halogens is 1. The molecular weight excluding hydrogens is 172 g/mol. The maximum atomic E-state index is 8.76. The van der Waals surface area contributed by atoms with Gasteiger partial charge in [0.25, 0.3) is 0 Å². The van der Waals surface area contributed by atoms with Crippen LogP contribution in [0.1, 0.15) is 19.3 Å². The molecule has 0 bridgehead atoms. The van der Waals surface area contributed by atoms with Gasteiger partial charge in [-0.05, 0) is 12.8 Å². The number of hydrogen-bond donors (Lipinski definition) is 1. The molecular formula is C9H13ClN2. The Morgan fingerprint density at radius 3 is 3.00 bits per heavy atom. The van der Waals surface area contributed by atoms with Crippen molar-refractivity contribution in [1.29, 1.82) is 5.26 Å². The molecule has 2 nitrogen and oxygen atoms in total. The van der Waals surface area contributed by atoms with Crippen molar-refractivity contribution in [3.8, 4) is 6.07 Å². The van der Waals surface area contributed by atoms with Gasteiger partial charge >= 0.3 is 0 Å². The topological polar surface area (TPSA) is 35.8 Å². The standard InChI is InChI=1S/C9H13ClN2/c1-7(10)6-12-9-4-2-3-8(9)5-11/h8-9,12H,1-4,6H2. The van der Waals surface area contributed by atoms with E-state index >= 15 is 0 Å². The van der Waals surface area contributed by atoms with E-state index in [0.717, 1.165) is 19.3 Å². The minimum absolute atomic E-state index is 0.168. The van der Waals surface area contributed by atoms with Crippen molar-refractivity contribution in [2.45, 2.75) is 25.3 Å². The summed E-state index contributed by atoms with van der Waals surface area (Å²) in [5, 5.41) is 12.6. The lowest BCUT2D eigenvalue weighted by atomic mass is 10.1. The Labute approximate surface area is 78.2 Å². The minimum atomic E-state index is 0.168. The van der Waals surface area contributed by atoms with Gasteiger partial charge in [0.05, 0.1) is 12.0 Å². The molecule has 1 fully saturated rings. The van der Waals surface area contributed by atoms with E-state index in [4.69, 9.17) is 16.9 Å². The van der Waals surface area contributed by atoms with Crippen LogP contribution in [-0.4, -0.2) is 12.6 Å². The van der Waals surface area contributed by atoms with Crippen LogP contribution in [0, 0.1) is 17.2 Å². The Morgan fingerprint density at radius 1 is 1.67 bits per heavy atom. The second-order valence-corrected chi connectivity index (χ2v) is 3.71. The molecule has 0 amide bonds. The quantitative estimate of drug-likeness (QED) is 0.729. The zero-order chi connectivity index (χ0) is 8.97. The first kappa shape index (κ1) is 9.57. The van der Waals surface area contributed by atoms with E-state index in [1.807, 2.05) is 0 Å². The third-order valence-corrected chi connectivity index (χ3v) is 2.37. The lowest BCUT2D eigenvalue weighted by Crippen LogP contribution is -2.32. The summed E-state index contributed by atoms with van der Waals surface area (Å²) in [6, 6.07) is 2.63. The van der Waals surface area contributed by atoms with Crippen LogP contribution in [0.25, 0.3) is 0 Å². The van der Waals surface area contributed by atoms with Gasteiger partial charge in [-0.1, -0.05) is 24.6 Å². The van der Waals surface area contributed by atoms with E-state index < -0.39 is 0 Å². The fraction of sp³-hybridized carbons (Fsp3) is 0.667. The third kappa shape index (κ3) is 2.51. The molecule has 1 N–H and O–H groups in total. The van der Waals surface area contributed by atoms with Crippen molar-refractivity contribution in [1.82, 2.24) is 5.32 Å². The van der Waals surface area contributed by atoms with E-state index in [0.29, 0.717) is 17.6 Å². The molecule has 12 heavy (non-hydrogen) atoms. The fourth-order valence-electron chi connectivity index (χ4n) is 1.60. The second-order valence-electron chi connectivity index (χ2n) is 3.17. The van der Waals surface area contributed by atoms with Crippen molar-refractivity contribution in [2.24, 2.45) is 5.92 Å². The monoisotopic (exact) mass is 184 g/mol. The third-order valence-electron chi connectivity index (χ3n) is 2.24.